The average Bonchev–Trinajstić information content (AvgIpc) is 2.36. The molecule has 3 nitrogen and oxygen atoms in total. The standard InChI is InChI=1S/C13H12Cl2N2O/c14-11-5-4-10(9-12(11)15)16-6-8-17-7-2-1-3-13(17)18/h1-5,7,9,16H,6,8H2. The van der Waals surface area contributed by atoms with Gasteiger partial charge in [0, 0.05) is 31.0 Å². The number of halogens is 2. The molecule has 1 N–H and O–H groups in total. The molecular formula is C13H12Cl2N2O. The highest BCUT2D eigenvalue weighted by molar-refractivity contribution is 6.42. The predicted octanol–water partition coefficient (Wildman–Crippen LogP) is 3.27. The SMILES string of the molecule is O=c1ccccn1CCNc1ccc(Cl)c(Cl)c1. The van der Waals surface area contributed by atoms with E-state index in [2.05, 4.69) is 5.32 Å². The fourth-order valence-electron chi connectivity index (χ4n) is 1.57. The van der Waals surface area contributed by atoms with Crippen molar-refractivity contribution in [3.8, 4) is 0 Å². The highest BCUT2D eigenvalue weighted by Gasteiger charge is 1.99. The first kappa shape index (κ1) is 13.0. The van der Waals surface area contributed by atoms with Crippen molar-refractivity contribution in [2.24, 2.45) is 0 Å². The molecule has 0 fully saturated rings. The first-order chi connectivity index (χ1) is 8.66. The maximum Gasteiger partial charge on any atom is 0.250 e. The van der Waals surface area contributed by atoms with Gasteiger partial charge in [-0.1, -0.05) is 29.3 Å². The van der Waals surface area contributed by atoms with Gasteiger partial charge in [-0.25, -0.2) is 0 Å². The molecule has 0 atom stereocenters. The molecule has 0 saturated heterocycles. The van der Waals surface area contributed by atoms with E-state index < -0.39 is 0 Å². The molecule has 2 aromatic rings. The van der Waals surface area contributed by atoms with Crippen LogP contribution in [0.2, 0.25) is 10.0 Å². The molecule has 0 amide bonds. The molecule has 94 valence electrons. The molecule has 0 aliphatic carbocycles. The Bertz CT molecular complexity index is 596. The summed E-state index contributed by atoms with van der Waals surface area (Å²) in [6.45, 7) is 1.24. The fourth-order valence-corrected chi connectivity index (χ4v) is 1.87. The van der Waals surface area contributed by atoms with E-state index in [-0.39, 0.29) is 5.56 Å². The second kappa shape index (κ2) is 5.94. The van der Waals surface area contributed by atoms with E-state index in [1.54, 1.807) is 35.0 Å². The number of nitrogens with zero attached hydrogens (tertiary/aromatic N) is 1. The van der Waals surface area contributed by atoms with Gasteiger partial charge in [-0.05, 0) is 24.3 Å². The van der Waals surface area contributed by atoms with Gasteiger partial charge >= 0.3 is 0 Å². The summed E-state index contributed by atoms with van der Waals surface area (Å²) in [6.07, 6.45) is 1.76. The van der Waals surface area contributed by atoms with E-state index >= 15 is 0 Å². The summed E-state index contributed by atoms with van der Waals surface area (Å²) in [4.78, 5) is 11.5. The number of hydrogen-bond acceptors (Lipinski definition) is 2. The van der Waals surface area contributed by atoms with Crippen LogP contribution in [0, 0.1) is 0 Å². The summed E-state index contributed by atoms with van der Waals surface area (Å²) in [5, 5.41) is 4.23. The topological polar surface area (TPSA) is 34.0 Å². The van der Waals surface area contributed by atoms with Crippen LogP contribution in [-0.2, 0) is 6.54 Å². The second-order valence-corrected chi connectivity index (χ2v) is 4.60. The first-order valence-corrected chi connectivity index (χ1v) is 6.27. The van der Waals surface area contributed by atoms with Gasteiger partial charge in [0.2, 0.25) is 0 Å². The van der Waals surface area contributed by atoms with Gasteiger partial charge in [0.1, 0.15) is 0 Å². The number of aromatic nitrogens is 1. The Morgan fingerprint density at radius 3 is 2.67 bits per heavy atom. The Labute approximate surface area is 115 Å². The van der Waals surface area contributed by atoms with Gasteiger partial charge in [0.15, 0.2) is 0 Å². The summed E-state index contributed by atoms with van der Waals surface area (Å²) in [6, 6.07) is 10.4. The van der Waals surface area contributed by atoms with E-state index in [9.17, 15) is 4.79 Å². The molecule has 1 aromatic carbocycles. The molecule has 0 bridgehead atoms. The summed E-state index contributed by atoms with van der Waals surface area (Å²) in [5.74, 6) is 0. The number of hydrogen-bond donors (Lipinski definition) is 1. The predicted molar refractivity (Wildman–Crippen MR) is 75.7 cm³/mol. The van der Waals surface area contributed by atoms with Gasteiger partial charge in [0.05, 0.1) is 10.0 Å². The number of pyridine rings is 1. The normalized spacial score (nSPS) is 10.3. The molecule has 18 heavy (non-hydrogen) atoms. The molecule has 0 saturated carbocycles. The van der Waals surface area contributed by atoms with Gasteiger partial charge < -0.3 is 9.88 Å². The van der Waals surface area contributed by atoms with Crippen molar-refractivity contribution in [2.45, 2.75) is 6.54 Å². The zero-order valence-corrected chi connectivity index (χ0v) is 11.1. The van der Waals surface area contributed by atoms with Crippen molar-refractivity contribution in [2.75, 3.05) is 11.9 Å². The third kappa shape index (κ3) is 3.28. The van der Waals surface area contributed by atoms with Crippen molar-refractivity contribution < 1.29 is 0 Å². The van der Waals surface area contributed by atoms with Gasteiger partial charge in [-0.3, -0.25) is 4.79 Å². The molecule has 0 aliphatic heterocycles. The van der Waals surface area contributed by atoms with E-state index in [1.807, 2.05) is 12.1 Å². The lowest BCUT2D eigenvalue weighted by molar-refractivity contribution is 0.697. The van der Waals surface area contributed by atoms with E-state index in [0.29, 0.717) is 23.1 Å². The molecule has 0 spiro atoms. The Balaban J connectivity index is 1.95. The van der Waals surface area contributed by atoms with Crippen molar-refractivity contribution in [3.05, 3.63) is 63.0 Å². The van der Waals surface area contributed by atoms with Crippen LogP contribution >= 0.6 is 23.2 Å². The Morgan fingerprint density at radius 1 is 1.11 bits per heavy atom. The van der Waals surface area contributed by atoms with Crippen LogP contribution < -0.4 is 10.9 Å². The first-order valence-electron chi connectivity index (χ1n) is 5.51. The van der Waals surface area contributed by atoms with Gasteiger partial charge in [0.25, 0.3) is 5.56 Å². The Kier molecular flexibility index (Phi) is 4.28. The highest BCUT2D eigenvalue weighted by atomic mass is 35.5. The summed E-state index contributed by atoms with van der Waals surface area (Å²) < 4.78 is 1.64. The highest BCUT2D eigenvalue weighted by Crippen LogP contribution is 2.24. The molecule has 2 rings (SSSR count). The van der Waals surface area contributed by atoms with E-state index in [1.165, 1.54) is 0 Å². The van der Waals surface area contributed by atoms with Crippen LogP contribution in [-0.4, -0.2) is 11.1 Å². The van der Waals surface area contributed by atoms with Crippen LogP contribution in [0.15, 0.2) is 47.4 Å². The maximum atomic E-state index is 11.5. The van der Waals surface area contributed by atoms with Crippen LogP contribution in [0.4, 0.5) is 5.69 Å². The summed E-state index contributed by atoms with van der Waals surface area (Å²) in [5.41, 5.74) is 0.877. The number of anilines is 1. The molecule has 0 unspecified atom stereocenters. The number of nitrogens with one attached hydrogen (secondary N) is 1. The zero-order valence-electron chi connectivity index (χ0n) is 9.57. The van der Waals surface area contributed by atoms with Crippen LogP contribution in [0.1, 0.15) is 0 Å². The van der Waals surface area contributed by atoms with E-state index in [0.717, 1.165) is 5.69 Å². The van der Waals surface area contributed by atoms with Crippen LogP contribution in [0.3, 0.4) is 0 Å². The van der Waals surface area contributed by atoms with Crippen LogP contribution in [0.5, 0.6) is 0 Å². The molecule has 0 aliphatic rings. The largest absolute Gasteiger partial charge is 0.383 e. The average molecular weight is 283 g/mol. The van der Waals surface area contributed by atoms with Gasteiger partial charge in [-0.2, -0.15) is 0 Å². The molecule has 1 heterocycles. The lowest BCUT2D eigenvalue weighted by Gasteiger charge is -2.08. The maximum absolute atomic E-state index is 11.5. The van der Waals surface area contributed by atoms with Crippen molar-refractivity contribution in [3.63, 3.8) is 0 Å². The lowest BCUT2D eigenvalue weighted by atomic mass is 10.3. The van der Waals surface area contributed by atoms with Crippen molar-refractivity contribution in [1.29, 1.82) is 0 Å². The van der Waals surface area contributed by atoms with Crippen molar-refractivity contribution in [1.82, 2.24) is 4.57 Å². The number of benzene rings is 1. The monoisotopic (exact) mass is 282 g/mol. The minimum atomic E-state index is -0.00608. The fraction of sp³-hybridized carbons (Fsp3) is 0.154. The number of rotatable bonds is 4. The summed E-state index contributed by atoms with van der Waals surface area (Å²) >= 11 is 11.7. The van der Waals surface area contributed by atoms with E-state index in [4.69, 9.17) is 23.2 Å². The second-order valence-electron chi connectivity index (χ2n) is 3.79. The minimum absolute atomic E-state index is 0.00608. The Morgan fingerprint density at radius 2 is 1.94 bits per heavy atom. The summed E-state index contributed by atoms with van der Waals surface area (Å²) in [7, 11) is 0. The zero-order chi connectivity index (χ0) is 13.0. The molecular weight excluding hydrogens is 271 g/mol. The quantitative estimate of drug-likeness (QED) is 0.934. The van der Waals surface area contributed by atoms with Crippen LogP contribution in [0.25, 0.3) is 0 Å². The molecule has 0 radical (unpaired) electrons. The van der Waals surface area contributed by atoms with Gasteiger partial charge in [-0.15, -0.1) is 0 Å². The lowest BCUT2D eigenvalue weighted by Crippen LogP contribution is -2.21. The minimum Gasteiger partial charge on any atom is -0.383 e. The van der Waals surface area contributed by atoms with Crippen molar-refractivity contribution >= 4 is 28.9 Å². The Hall–Kier alpha value is -1.45. The smallest absolute Gasteiger partial charge is 0.250 e. The molecule has 1 aromatic heterocycles. The molecule has 5 heteroatoms. The third-order valence-corrected chi connectivity index (χ3v) is 3.24. The third-order valence-electron chi connectivity index (χ3n) is 2.50.